The molecule has 0 aliphatic carbocycles. The van der Waals surface area contributed by atoms with Crippen LogP contribution in [0.1, 0.15) is 56.0 Å². The molecular weight excluding hydrogens is 344 g/mol. The molecular formula is C20H24N4O3. The number of piperidine rings is 1. The van der Waals surface area contributed by atoms with Crippen molar-refractivity contribution in [1.29, 1.82) is 0 Å². The highest BCUT2D eigenvalue weighted by atomic mass is 16.2. The number of carbonyl (C=O) groups is 3. The summed E-state index contributed by atoms with van der Waals surface area (Å²) in [4.78, 5) is 38.5. The smallest absolute Gasteiger partial charge is 0.272 e. The summed E-state index contributed by atoms with van der Waals surface area (Å²) >= 11 is 0. The molecule has 2 heterocycles. The van der Waals surface area contributed by atoms with Gasteiger partial charge in [-0.15, -0.1) is 0 Å². The summed E-state index contributed by atoms with van der Waals surface area (Å²) in [6, 6.07) is 6.75. The predicted octanol–water partition coefficient (Wildman–Crippen LogP) is 2.31. The molecule has 27 heavy (non-hydrogen) atoms. The minimum Gasteiger partial charge on any atom is -0.366 e. The van der Waals surface area contributed by atoms with Crippen molar-refractivity contribution < 1.29 is 14.4 Å². The van der Waals surface area contributed by atoms with E-state index in [4.69, 9.17) is 5.73 Å². The molecule has 0 radical (unpaired) electrons. The molecule has 2 aromatic rings. The van der Waals surface area contributed by atoms with Gasteiger partial charge >= 0.3 is 0 Å². The van der Waals surface area contributed by atoms with E-state index < -0.39 is 5.91 Å². The van der Waals surface area contributed by atoms with E-state index in [1.165, 1.54) is 12.3 Å². The molecule has 0 atom stereocenters. The quantitative estimate of drug-likeness (QED) is 0.866. The Bertz CT molecular complexity index is 895. The molecule has 3 N–H and O–H groups in total. The van der Waals surface area contributed by atoms with Gasteiger partial charge in [-0.1, -0.05) is 6.07 Å². The fourth-order valence-corrected chi connectivity index (χ4v) is 3.32. The van der Waals surface area contributed by atoms with Gasteiger partial charge in [0.05, 0.1) is 5.56 Å². The van der Waals surface area contributed by atoms with Gasteiger partial charge in [0.2, 0.25) is 5.91 Å². The van der Waals surface area contributed by atoms with Crippen LogP contribution in [0, 0.1) is 6.92 Å². The molecule has 3 rings (SSSR count). The van der Waals surface area contributed by atoms with Gasteiger partial charge in [-0.05, 0) is 49.9 Å². The first kappa shape index (κ1) is 18.7. The third-order valence-electron chi connectivity index (χ3n) is 4.89. The van der Waals surface area contributed by atoms with Gasteiger partial charge in [-0.2, -0.15) is 0 Å². The Balaban J connectivity index is 1.80. The number of likely N-dealkylation sites (tertiary alicyclic amines) is 1. The molecule has 1 aliphatic heterocycles. The largest absolute Gasteiger partial charge is 0.366 e. The van der Waals surface area contributed by atoms with E-state index in [-0.39, 0.29) is 17.4 Å². The first-order chi connectivity index (χ1) is 12.9. The van der Waals surface area contributed by atoms with E-state index in [1.54, 1.807) is 23.7 Å². The molecule has 0 bridgehead atoms. The summed E-state index contributed by atoms with van der Waals surface area (Å²) < 4.78 is 1.55. The van der Waals surface area contributed by atoms with Crippen LogP contribution >= 0.6 is 0 Å². The lowest BCUT2D eigenvalue weighted by atomic mass is 10.0. The van der Waals surface area contributed by atoms with Crippen molar-refractivity contribution in [3.63, 3.8) is 0 Å². The molecule has 0 unspecified atom stereocenters. The van der Waals surface area contributed by atoms with Crippen LogP contribution in [0.2, 0.25) is 0 Å². The van der Waals surface area contributed by atoms with Crippen LogP contribution in [-0.4, -0.2) is 40.3 Å². The first-order valence-electron chi connectivity index (χ1n) is 9.04. The van der Waals surface area contributed by atoms with Crippen LogP contribution in [-0.2, 0) is 7.05 Å². The maximum atomic E-state index is 12.8. The van der Waals surface area contributed by atoms with Crippen LogP contribution in [0.4, 0.5) is 5.69 Å². The van der Waals surface area contributed by atoms with E-state index in [2.05, 4.69) is 5.32 Å². The van der Waals surface area contributed by atoms with Crippen LogP contribution in [0.3, 0.4) is 0 Å². The van der Waals surface area contributed by atoms with Crippen molar-refractivity contribution in [2.45, 2.75) is 26.2 Å². The van der Waals surface area contributed by atoms with Crippen molar-refractivity contribution in [1.82, 2.24) is 9.47 Å². The SMILES string of the molecule is Cc1ccc(NC(=O)c2cc(C(N)=O)cn2C)cc1C(=O)N1CCCCC1. The van der Waals surface area contributed by atoms with Crippen LogP contribution in [0.15, 0.2) is 30.5 Å². The summed E-state index contributed by atoms with van der Waals surface area (Å²) in [5, 5.41) is 2.79. The molecule has 1 aliphatic rings. The van der Waals surface area contributed by atoms with Crippen molar-refractivity contribution in [3.05, 3.63) is 52.8 Å². The summed E-state index contributed by atoms with van der Waals surface area (Å²) in [7, 11) is 1.67. The number of benzene rings is 1. The van der Waals surface area contributed by atoms with Crippen LogP contribution in [0.25, 0.3) is 0 Å². The zero-order valence-electron chi connectivity index (χ0n) is 15.6. The van der Waals surface area contributed by atoms with Gasteiger partial charge in [0.25, 0.3) is 11.8 Å². The molecule has 1 aromatic heterocycles. The van der Waals surface area contributed by atoms with E-state index in [0.717, 1.165) is 37.9 Å². The van der Waals surface area contributed by atoms with E-state index in [9.17, 15) is 14.4 Å². The Labute approximate surface area is 158 Å². The highest BCUT2D eigenvalue weighted by molar-refractivity contribution is 6.06. The average Bonchev–Trinajstić information content (AvgIpc) is 3.05. The number of aromatic nitrogens is 1. The Kier molecular flexibility index (Phi) is 5.30. The average molecular weight is 368 g/mol. The molecule has 142 valence electrons. The predicted molar refractivity (Wildman–Crippen MR) is 103 cm³/mol. The van der Waals surface area contributed by atoms with Crippen molar-refractivity contribution in [2.24, 2.45) is 12.8 Å². The van der Waals surface area contributed by atoms with Crippen LogP contribution < -0.4 is 11.1 Å². The lowest BCUT2D eigenvalue weighted by molar-refractivity contribution is 0.0723. The second-order valence-corrected chi connectivity index (χ2v) is 6.93. The number of nitrogens with two attached hydrogens (primary N) is 1. The summed E-state index contributed by atoms with van der Waals surface area (Å²) in [6.45, 7) is 3.43. The van der Waals surface area contributed by atoms with E-state index in [0.29, 0.717) is 16.9 Å². The number of aryl methyl sites for hydroxylation is 2. The van der Waals surface area contributed by atoms with Gasteiger partial charge in [-0.3, -0.25) is 14.4 Å². The minimum absolute atomic E-state index is 0.00168. The number of anilines is 1. The maximum absolute atomic E-state index is 12.8. The van der Waals surface area contributed by atoms with Gasteiger partial charge in [0.1, 0.15) is 5.69 Å². The fourth-order valence-electron chi connectivity index (χ4n) is 3.32. The second-order valence-electron chi connectivity index (χ2n) is 6.93. The van der Waals surface area contributed by atoms with Gasteiger partial charge in [0, 0.05) is 37.6 Å². The molecule has 7 nitrogen and oxygen atoms in total. The molecule has 7 heteroatoms. The third-order valence-corrected chi connectivity index (χ3v) is 4.89. The van der Waals surface area contributed by atoms with Gasteiger partial charge in [-0.25, -0.2) is 0 Å². The Hall–Kier alpha value is -3.09. The zero-order valence-corrected chi connectivity index (χ0v) is 15.6. The minimum atomic E-state index is -0.589. The summed E-state index contributed by atoms with van der Waals surface area (Å²) in [5.41, 5.74) is 7.85. The van der Waals surface area contributed by atoms with Crippen molar-refractivity contribution in [2.75, 3.05) is 18.4 Å². The highest BCUT2D eigenvalue weighted by Crippen LogP contribution is 2.20. The highest BCUT2D eigenvalue weighted by Gasteiger charge is 2.21. The van der Waals surface area contributed by atoms with E-state index >= 15 is 0 Å². The van der Waals surface area contributed by atoms with Crippen molar-refractivity contribution >= 4 is 23.4 Å². The fraction of sp³-hybridized carbons (Fsp3) is 0.350. The Morgan fingerprint density at radius 2 is 1.78 bits per heavy atom. The first-order valence-corrected chi connectivity index (χ1v) is 9.04. The number of primary amides is 1. The molecule has 0 saturated carbocycles. The summed E-state index contributed by atoms with van der Waals surface area (Å²) in [6.07, 6.45) is 4.72. The number of nitrogens with zero attached hydrogens (tertiary/aromatic N) is 2. The molecule has 1 saturated heterocycles. The topological polar surface area (TPSA) is 97.4 Å². The maximum Gasteiger partial charge on any atom is 0.272 e. The lowest BCUT2D eigenvalue weighted by Crippen LogP contribution is -2.36. The normalized spacial score (nSPS) is 14.1. The molecule has 1 fully saturated rings. The second kappa shape index (κ2) is 7.65. The van der Waals surface area contributed by atoms with Gasteiger partial charge < -0.3 is 20.5 Å². The molecule has 0 spiro atoms. The standard InChI is InChI=1S/C20H24N4O3/c1-13-6-7-15(11-16(13)20(27)24-8-4-3-5-9-24)22-19(26)17-10-14(18(21)25)12-23(17)2/h6-7,10-12H,3-5,8-9H2,1-2H3,(H2,21,25)(H,22,26). The van der Waals surface area contributed by atoms with Crippen molar-refractivity contribution in [3.8, 4) is 0 Å². The Morgan fingerprint density at radius 1 is 1.07 bits per heavy atom. The van der Waals surface area contributed by atoms with E-state index in [1.807, 2.05) is 17.9 Å². The molecule has 3 amide bonds. The number of hydrogen-bond donors (Lipinski definition) is 2. The lowest BCUT2D eigenvalue weighted by Gasteiger charge is -2.27. The molecule has 1 aromatic carbocycles. The Morgan fingerprint density at radius 3 is 2.41 bits per heavy atom. The summed E-state index contributed by atoms with van der Waals surface area (Å²) in [5.74, 6) is -0.960. The monoisotopic (exact) mass is 368 g/mol. The van der Waals surface area contributed by atoms with Crippen LogP contribution in [0.5, 0.6) is 0 Å². The number of amides is 3. The number of carbonyl (C=O) groups excluding carboxylic acids is 3. The zero-order chi connectivity index (χ0) is 19.6. The third kappa shape index (κ3) is 4.02. The number of nitrogens with one attached hydrogen (secondary N) is 1. The number of hydrogen-bond acceptors (Lipinski definition) is 3. The number of rotatable bonds is 4. The van der Waals surface area contributed by atoms with Gasteiger partial charge in [0.15, 0.2) is 0 Å².